The molecule has 12 heavy (non-hydrogen) atoms. The smallest absolute Gasteiger partial charge is 0.115 e. The summed E-state index contributed by atoms with van der Waals surface area (Å²) in [6.07, 6.45) is 0. The zero-order valence-electron chi connectivity index (χ0n) is 7.11. The Hall–Kier alpha value is -0.670. The maximum Gasteiger partial charge on any atom is 0.115 e. The maximum atomic E-state index is 9.44. The Kier molecular flexibility index (Phi) is 2.65. The minimum Gasteiger partial charge on any atom is -0.508 e. The van der Waals surface area contributed by atoms with Gasteiger partial charge < -0.3 is 10.2 Å². The number of hydrogen-bond acceptors (Lipinski definition) is 3. The van der Waals surface area contributed by atoms with E-state index in [2.05, 4.69) is 0 Å². The summed E-state index contributed by atoms with van der Waals surface area (Å²) in [5.74, 6) is 0.245. The molecule has 66 valence electrons. The molecule has 0 aliphatic heterocycles. The molecule has 1 aromatic carbocycles. The molecule has 0 heterocycles. The Bertz CT molecular complexity index is 248. The van der Waals surface area contributed by atoms with Gasteiger partial charge in [0.2, 0.25) is 0 Å². The van der Waals surface area contributed by atoms with Gasteiger partial charge in [0.15, 0.2) is 0 Å². The second kappa shape index (κ2) is 3.37. The lowest BCUT2D eigenvalue weighted by Crippen LogP contribution is -2.11. The third-order valence-electron chi connectivity index (χ3n) is 1.20. The minimum atomic E-state index is -0.767. The molecule has 2 N–H and O–H groups in total. The molecule has 1 rings (SSSR count). The van der Waals surface area contributed by atoms with Gasteiger partial charge in [0.1, 0.15) is 10.7 Å². The molecule has 0 atom stereocenters. The first kappa shape index (κ1) is 9.42. The summed E-state index contributed by atoms with van der Waals surface area (Å²) in [6, 6.07) is 6.76. The van der Waals surface area contributed by atoms with E-state index in [-0.39, 0.29) is 5.75 Å². The highest BCUT2D eigenvalue weighted by atomic mass is 32.2. The van der Waals surface area contributed by atoms with Crippen molar-refractivity contribution in [1.82, 2.24) is 0 Å². The van der Waals surface area contributed by atoms with Gasteiger partial charge in [-0.15, -0.1) is 0 Å². The number of aliphatic hydroxyl groups is 1. The predicted octanol–water partition coefficient (Wildman–Crippen LogP) is 2.21. The Balaban J connectivity index is 2.71. The van der Waals surface area contributed by atoms with Gasteiger partial charge in [-0.25, -0.2) is 0 Å². The van der Waals surface area contributed by atoms with Crippen LogP contribution in [0.4, 0.5) is 0 Å². The summed E-state index contributed by atoms with van der Waals surface area (Å²) in [5, 5.41) is 18.4. The first-order valence-electron chi connectivity index (χ1n) is 3.68. The summed E-state index contributed by atoms with van der Waals surface area (Å²) in [5.41, 5.74) is 0. The van der Waals surface area contributed by atoms with Crippen LogP contribution in [0.1, 0.15) is 13.8 Å². The van der Waals surface area contributed by atoms with Gasteiger partial charge in [0.25, 0.3) is 0 Å². The van der Waals surface area contributed by atoms with Crippen LogP contribution < -0.4 is 0 Å². The van der Waals surface area contributed by atoms with Crippen molar-refractivity contribution < 1.29 is 10.2 Å². The molecule has 2 nitrogen and oxygen atoms in total. The largest absolute Gasteiger partial charge is 0.508 e. The molecule has 3 heteroatoms. The Morgan fingerprint density at radius 1 is 1.17 bits per heavy atom. The van der Waals surface area contributed by atoms with Gasteiger partial charge in [-0.05, 0) is 38.1 Å². The first-order valence-corrected chi connectivity index (χ1v) is 4.49. The van der Waals surface area contributed by atoms with Crippen molar-refractivity contribution in [1.29, 1.82) is 0 Å². The lowest BCUT2D eigenvalue weighted by Gasteiger charge is -2.15. The van der Waals surface area contributed by atoms with Crippen LogP contribution in [0.2, 0.25) is 0 Å². The highest BCUT2D eigenvalue weighted by molar-refractivity contribution is 8.00. The van der Waals surface area contributed by atoms with Gasteiger partial charge in [0, 0.05) is 4.90 Å². The number of thioether (sulfide) groups is 1. The predicted molar refractivity (Wildman–Crippen MR) is 50.3 cm³/mol. The average molecular weight is 184 g/mol. The molecule has 0 aromatic heterocycles. The van der Waals surface area contributed by atoms with Crippen LogP contribution in [-0.4, -0.2) is 15.1 Å². The SMILES string of the molecule is CC(C)(O)Sc1ccc(O)cc1. The monoisotopic (exact) mass is 184 g/mol. The fourth-order valence-corrected chi connectivity index (χ4v) is 1.65. The highest BCUT2D eigenvalue weighted by Crippen LogP contribution is 2.30. The summed E-state index contributed by atoms with van der Waals surface area (Å²) < 4.78 is 0. The summed E-state index contributed by atoms with van der Waals surface area (Å²) >= 11 is 1.35. The second-order valence-corrected chi connectivity index (χ2v) is 4.72. The molecule has 0 amide bonds. The van der Waals surface area contributed by atoms with E-state index in [1.807, 2.05) is 0 Å². The van der Waals surface area contributed by atoms with Crippen molar-refractivity contribution in [2.45, 2.75) is 23.7 Å². The average Bonchev–Trinajstić information content (AvgIpc) is 1.91. The molecule has 0 fully saturated rings. The van der Waals surface area contributed by atoms with Gasteiger partial charge >= 0.3 is 0 Å². The number of benzene rings is 1. The van der Waals surface area contributed by atoms with Gasteiger partial charge in [-0.1, -0.05) is 11.8 Å². The van der Waals surface area contributed by atoms with E-state index in [0.29, 0.717) is 0 Å². The third-order valence-corrected chi connectivity index (χ3v) is 2.21. The molecule has 0 saturated carbocycles. The molecule has 0 radical (unpaired) electrons. The molecule has 0 spiro atoms. The molecule has 0 unspecified atom stereocenters. The Labute approximate surface area is 76.2 Å². The number of aromatic hydroxyl groups is 1. The summed E-state index contributed by atoms with van der Waals surface area (Å²) in [7, 11) is 0. The Morgan fingerprint density at radius 2 is 1.67 bits per heavy atom. The van der Waals surface area contributed by atoms with Crippen LogP contribution in [0, 0.1) is 0 Å². The summed E-state index contributed by atoms with van der Waals surface area (Å²) in [6.45, 7) is 3.45. The quantitative estimate of drug-likeness (QED) is 0.547. The van der Waals surface area contributed by atoms with Crippen LogP contribution in [0.5, 0.6) is 5.75 Å². The number of phenols is 1. The fraction of sp³-hybridized carbons (Fsp3) is 0.333. The topological polar surface area (TPSA) is 40.5 Å². The van der Waals surface area contributed by atoms with E-state index in [1.165, 1.54) is 11.8 Å². The van der Waals surface area contributed by atoms with Crippen molar-refractivity contribution >= 4 is 11.8 Å². The molecule has 0 aliphatic rings. The van der Waals surface area contributed by atoms with Crippen molar-refractivity contribution in [3.8, 4) is 5.75 Å². The van der Waals surface area contributed by atoms with Crippen LogP contribution >= 0.6 is 11.8 Å². The van der Waals surface area contributed by atoms with Gasteiger partial charge in [-0.2, -0.15) is 0 Å². The standard InChI is InChI=1S/C9H12O2S/c1-9(2,11)12-8-5-3-7(10)4-6-8/h3-6,10-11H,1-2H3. The van der Waals surface area contributed by atoms with Crippen molar-refractivity contribution in [2.24, 2.45) is 0 Å². The summed E-state index contributed by atoms with van der Waals surface area (Å²) in [4.78, 5) is 0.178. The van der Waals surface area contributed by atoms with E-state index in [4.69, 9.17) is 5.11 Å². The lowest BCUT2D eigenvalue weighted by atomic mass is 10.3. The molecule has 1 aromatic rings. The third kappa shape index (κ3) is 3.15. The van der Waals surface area contributed by atoms with Crippen molar-refractivity contribution in [2.75, 3.05) is 0 Å². The number of phenolic OH excluding ortho intramolecular Hbond substituents is 1. The van der Waals surface area contributed by atoms with Crippen LogP contribution in [-0.2, 0) is 0 Å². The minimum absolute atomic E-state index is 0.245. The molecular weight excluding hydrogens is 172 g/mol. The zero-order chi connectivity index (χ0) is 9.19. The van der Waals surface area contributed by atoms with Crippen LogP contribution in [0.3, 0.4) is 0 Å². The van der Waals surface area contributed by atoms with Crippen LogP contribution in [0.25, 0.3) is 0 Å². The molecule has 0 saturated heterocycles. The van der Waals surface area contributed by atoms with Crippen molar-refractivity contribution in [3.05, 3.63) is 24.3 Å². The normalized spacial score (nSPS) is 11.6. The number of rotatable bonds is 2. The highest BCUT2D eigenvalue weighted by Gasteiger charge is 2.13. The second-order valence-electron chi connectivity index (χ2n) is 3.04. The van der Waals surface area contributed by atoms with E-state index in [9.17, 15) is 5.11 Å². The fourth-order valence-electron chi connectivity index (χ4n) is 0.803. The molecular formula is C9H12O2S. The van der Waals surface area contributed by atoms with Gasteiger partial charge in [0.05, 0.1) is 0 Å². The Morgan fingerprint density at radius 3 is 2.08 bits per heavy atom. The molecule has 0 aliphatic carbocycles. The number of hydrogen-bond donors (Lipinski definition) is 2. The lowest BCUT2D eigenvalue weighted by molar-refractivity contribution is 0.179. The van der Waals surface area contributed by atoms with E-state index in [1.54, 1.807) is 38.1 Å². The van der Waals surface area contributed by atoms with Crippen molar-refractivity contribution in [3.63, 3.8) is 0 Å². The van der Waals surface area contributed by atoms with E-state index < -0.39 is 4.93 Å². The van der Waals surface area contributed by atoms with Crippen LogP contribution in [0.15, 0.2) is 29.2 Å². The van der Waals surface area contributed by atoms with E-state index >= 15 is 0 Å². The first-order chi connectivity index (χ1) is 5.47. The molecule has 0 bridgehead atoms. The zero-order valence-corrected chi connectivity index (χ0v) is 7.93. The maximum absolute atomic E-state index is 9.44. The van der Waals surface area contributed by atoms with Gasteiger partial charge in [-0.3, -0.25) is 0 Å². The van der Waals surface area contributed by atoms with E-state index in [0.717, 1.165) is 4.90 Å².